The summed E-state index contributed by atoms with van der Waals surface area (Å²) in [5, 5.41) is 0. The van der Waals surface area contributed by atoms with Crippen molar-refractivity contribution in [2.45, 2.75) is 13.0 Å². The van der Waals surface area contributed by atoms with Gasteiger partial charge < -0.3 is 20.1 Å². The van der Waals surface area contributed by atoms with Crippen LogP contribution in [0.1, 0.15) is 5.69 Å². The van der Waals surface area contributed by atoms with E-state index in [1.54, 1.807) is 7.11 Å². The molecule has 2 rings (SSSR count). The molecule has 0 aromatic carbocycles. The number of nitrogens with two attached hydrogens (primary N) is 1. The van der Waals surface area contributed by atoms with Gasteiger partial charge in [-0.15, -0.1) is 0 Å². The van der Waals surface area contributed by atoms with Gasteiger partial charge in [0.05, 0.1) is 19.8 Å². The summed E-state index contributed by atoms with van der Waals surface area (Å²) in [6.45, 7) is 4.60. The van der Waals surface area contributed by atoms with Crippen molar-refractivity contribution in [3.05, 3.63) is 11.8 Å². The van der Waals surface area contributed by atoms with Gasteiger partial charge in [0.15, 0.2) is 0 Å². The molecule has 6 heteroatoms. The van der Waals surface area contributed by atoms with E-state index >= 15 is 0 Å². The maximum atomic E-state index is 5.61. The second-order valence-corrected chi connectivity index (χ2v) is 4.03. The third-order valence-corrected chi connectivity index (χ3v) is 2.71. The summed E-state index contributed by atoms with van der Waals surface area (Å²) in [5.41, 5.74) is 6.50. The number of methoxy groups -OCH3 is 1. The first-order valence-corrected chi connectivity index (χ1v) is 5.69. The first kappa shape index (κ1) is 12.1. The Labute approximate surface area is 101 Å². The van der Waals surface area contributed by atoms with Gasteiger partial charge in [-0.2, -0.15) is 4.98 Å². The van der Waals surface area contributed by atoms with Gasteiger partial charge in [0.25, 0.3) is 0 Å². The van der Waals surface area contributed by atoms with Crippen LogP contribution in [0.15, 0.2) is 6.07 Å². The van der Waals surface area contributed by atoms with Crippen molar-refractivity contribution in [3.8, 4) is 5.88 Å². The number of aromatic nitrogens is 2. The topological polar surface area (TPSA) is 73.5 Å². The van der Waals surface area contributed by atoms with Crippen LogP contribution in [0.3, 0.4) is 0 Å². The Hall–Kier alpha value is -1.40. The number of hydrogen-bond acceptors (Lipinski definition) is 6. The average molecular weight is 238 g/mol. The van der Waals surface area contributed by atoms with Crippen molar-refractivity contribution in [1.82, 2.24) is 9.97 Å². The predicted molar refractivity (Wildman–Crippen MR) is 64.3 cm³/mol. The molecule has 1 aliphatic heterocycles. The number of aryl methyl sites for hydroxylation is 1. The molecule has 1 aromatic heterocycles. The zero-order chi connectivity index (χ0) is 12.3. The SMILES string of the molecule is COc1cc(C)nc(N2CCOC(CN)C2)n1. The van der Waals surface area contributed by atoms with E-state index in [-0.39, 0.29) is 6.10 Å². The molecular formula is C11H18N4O2. The fraction of sp³-hybridized carbons (Fsp3) is 0.636. The van der Waals surface area contributed by atoms with Crippen LogP contribution < -0.4 is 15.4 Å². The molecule has 17 heavy (non-hydrogen) atoms. The van der Waals surface area contributed by atoms with Crippen LogP contribution in [-0.2, 0) is 4.74 Å². The zero-order valence-electron chi connectivity index (χ0n) is 10.2. The van der Waals surface area contributed by atoms with Gasteiger partial charge in [-0.1, -0.05) is 0 Å². The molecule has 0 saturated carbocycles. The minimum Gasteiger partial charge on any atom is -0.481 e. The lowest BCUT2D eigenvalue weighted by atomic mass is 10.3. The largest absolute Gasteiger partial charge is 0.481 e. The van der Waals surface area contributed by atoms with Gasteiger partial charge in [0.1, 0.15) is 0 Å². The van der Waals surface area contributed by atoms with E-state index < -0.39 is 0 Å². The van der Waals surface area contributed by atoms with E-state index in [4.69, 9.17) is 15.2 Å². The van der Waals surface area contributed by atoms with Crippen molar-refractivity contribution >= 4 is 5.95 Å². The second kappa shape index (κ2) is 5.29. The molecule has 1 atom stereocenters. The average Bonchev–Trinajstić information content (AvgIpc) is 2.38. The number of hydrogen-bond donors (Lipinski definition) is 1. The molecule has 1 unspecified atom stereocenters. The Kier molecular flexibility index (Phi) is 3.75. The molecule has 0 amide bonds. The molecule has 1 fully saturated rings. The molecular weight excluding hydrogens is 220 g/mol. The number of nitrogens with zero attached hydrogens (tertiary/aromatic N) is 3. The van der Waals surface area contributed by atoms with Crippen molar-refractivity contribution in [1.29, 1.82) is 0 Å². The second-order valence-electron chi connectivity index (χ2n) is 4.03. The molecule has 2 heterocycles. The third kappa shape index (κ3) is 2.83. The maximum Gasteiger partial charge on any atom is 0.229 e. The molecule has 1 saturated heterocycles. The summed E-state index contributed by atoms with van der Waals surface area (Å²) in [6.07, 6.45) is 0.0545. The van der Waals surface area contributed by atoms with Crippen LogP contribution in [0.2, 0.25) is 0 Å². The molecule has 2 N–H and O–H groups in total. The van der Waals surface area contributed by atoms with Crippen LogP contribution in [0.25, 0.3) is 0 Å². The lowest BCUT2D eigenvalue weighted by Gasteiger charge is -2.32. The lowest BCUT2D eigenvalue weighted by Crippen LogP contribution is -2.46. The standard InChI is InChI=1S/C11H18N4O2/c1-8-5-10(16-2)14-11(13-8)15-3-4-17-9(6-12)7-15/h5,9H,3-4,6-7,12H2,1-2H3. The summed E-state index contributed by atoms with van der Waals surface area (Å²) < 4.78 is 10.7. The van der Waals surface area contributed by atoms with Gasteiger partial charge in [-0.3, -0.25) is 0 Å². The number of rotatable bonds is 3. The smallest absolute Gasteiger partial charge is 0.229 e. The number of ether oxygens (including phenoxy) is 2. The Morgan fingerprint density at radius 1 is 1.59 bits per heavy atom. The van der Waals surface area contributed by atoms with Crippen LogP contribution in [-0.4, -0.2) is 49.4 Å². The molecule has 94 valence electrons. The van der Waals surface area contributed by atoms with Gasteiger partial charge >= 0.3 is 0 Å². The molecule has 0 aliphatic carbocycles. The van der Waals surface area contributed by atoms with E-state index in [1.807, 2.05) is 13.0 Å². The van der Waals surface area contributed by atoms with E-state index in [0.717, 1.165) is 18.8 Å². The molecule has 1 aromatic rings. The van der Waals surface area contributed by atoms with Gasteiger partial charge in [0, 0.05) is 31.4 Å². The normalized spacial score (nSPS) is 20.4. The van der Waals surface area contributed by atoms with Crippen LogP contribution >= 0.6 is 0 Å². The Balaban J connectivity index is 2.18. The van der Waals surface area contributed by atoms with Gasteiger partial charge in [-0.25, -0.2) is 4.98 Å². The zero-order valence-corrected chi connectivity index (χ0v) is 10.2. The molecule has 0 spiro atoms. The van der Waals surface area contributed by atoms with Crippen LogP contribution in [0, 0.1) is 6.92 Å². The fourth-order valence-electron chi connectivity index (χ4n) is 1.81. The number of anilines is 1. The predicted octanol–water partition coefficient (Wildman–Crippen LogP) is -0.0425. The van der Waals surface area contributed by atoms with Crippen LogP contribution in [0.4, 0.5) is 5.95 Å². The highest BCUT2D eigenvalue weighted by Crippen LogP contribution is 2.17. The van der Waals surface area contributed by atoms with Crippen molar-refractivity contribution in [2.75, 3.05) is 38.3 Å². The minimum absolute atomic E-state index is 0.0545. The monoisotopic (exact) mass is 238 g/mol. The summed E-state index contributed by atoms with van der Waals surface area (Å²) in [6, 6.07) is 1.81. The summed E-state index contributed by atoms with van der Waals surface area (Å²) in [5.74, 6) is 1.27. The van der Waals surface area contributed by atoms with E-state index in [0.29, 0.717) is 25.0 Å². The van der Waals surface area contributed by atoms with E-state index in [1.165, 1.54) is 0 Å². The van der Waals surface area contributed by atoms with Gasteiger partial charge in [0.2, 0.25) is 11.8 Å². The Bertz CT molecular complexity index is 386. The number of morpholine rings is 1. The Morgan fingerprint density at radius 3 is 3.12 bits per heavy atom. The van der Waals surface area contributed by atoms with Crippen molar-refractivity contribution in [2.24, 2.45) is 5.73 Å². The first-order chi connectivity index (χ1) is 8.22. The van der Waals surface area contributed by atoms with E-state index in [2.05, 4.69) is 14.9 Å². The molecule has 6 nitrogen and oxygen atoms in total. The van der Waals surface area contributed by atoms with Crippen molar-refractivity contribution in [3.63, 3.8) is 0 Å². The first-order valence-electron chi connectivity index (χ1n) is 5.69. The summed E-state index contributed by atoms with van der Waals surface area (Å²) in [7, 11) is 1.60. The van der Waals surface area contributed by atoms with Gasteiger partial charge in [-0.05, 0) is 6.92 Å². The van der Waals surface area contributed by atoms with Crippen molar-refractivity contribution < 1.29 is 9.47 Å². The van der Waals surface area contributed by atoms with Crippen LogP contribution in [0.5, 0.6) is 5.88 Å². The minimum atomic E-state index is 0.0545. The maximum absolute atomic E-state index is 5.61. The highest BCUT2D eigenvalue weighted by Gasteiger charge is 2.21. The molecule has 0 radical (unpaired) electrons. The quantitative estimate of drug-likeness (QED) is 0.796. The van der Waals surface area contributed by atoms with E-state index in [9.17, 15) is 0 Å². The molecule has 1 aliphatic rings. The summed E-state index contributed by atoms with van der Waals surface area (Å²) >= 11 is 0. The Morgan fingerprint density at radius 2 is 2.41 bits per heavy atom. The highest BCUT2D eigenvalue weighted by molar-refractivity contribution is 5.35. The lowest BCUT2D eigenvalue weighted by molar-refractivity contribution is 0.0459. The third-order valence-electron chi connectivity index (χ3n) is 2.71. The highest BCUT2D eigenvalue weighted by atomic mass is 16.5. The fourth-order valence-corrected chi connectivity index (χ4v) is 1.81. The summed E-state index contributed by atoms with van der Waals surface area (Å²) in [4.78, 5) is 10.8. The molecule has 0 bridgehead atoms.